The van der Waals surface area contributed by atoms with Crippen molar-refractivity contribution in [2.75, 3.05) is 13.1 Å². The lowest BCUT2D eigenvalue weighted by Crippen LogP contribution is -2.74. The number of H-pyrrole nitrogens is 1. The van der Waals surface area contributed by atoms with Gasteiger partial charge in [-0.05, 0) is 67.0 Å². The average molecular weight is 505 g/mol. The molecule has 2 fully saturated rings. The molecule has 3 aromatic carbocycles. The van der Waals surface area contributed by atoms with Gasteiger partial charge in [0.15, 0.2) is 17.6 Å². The molecule has 2 bridgehead atoms. The molecule has 2 aliphatic heterocycles. The smallest absolute Gasteiger partial charge is 0.166 e. The van der Waals surface area contributed by atoms with E-state index in [9.17, 15) is 5.11 Å². The van der Waals surface area contributed by atoms with Gasteiger partial charge in [0.25, 0.3) is 0 Å². The van der Waals surface area contributed by atoms with E-state index in [0.29, 0.717) is 13.0 Å². The van der Waals surface area contributed by atoms with E-state index >= 15 is 0 Å². The second-order valence-corrected chi connectivity index (χ2v) is 12.2. The Bertz CT molecular complexity index is 1590. The average Bonchev–Trinajstić information content (AvgIpc) is 3.58. The molecular weight excluding hydrogens is 472 g/mol. The zero-order valence-electron chi connectivity index (χ0n) is 21.5. The van der Waals surface area contributed by atoms with Crippen molar-refractivity contribution in [2.24, 2.45) is 5.92 Å². The number of likely N-dealkylation sites (tertiary alicyclic amines) is 1. The number of ether oxygens (including phenoxy) is 2. The molecule has 4 atom stereocenters. The Morgan fingerprint density at radius 1 is 1.03 bits per heavy atom. The topological polar surface area (TPSA) is 57.7 Å². The third-order valence-electron chi connectivity index (χ3n) is 10.3. The molecule has 5 aliphatic rings. The second-order valence-electron chi connectivity index (χ2n) is 12.2. The molecule has 5 nitrogen and oxygen atoms in total. The van der Waals surface area contributed by atoms with Gasteiger partial charge in [0, 0.05) is 35.5 Å². The van der Waals surface area contributed by atoms with Crippen LogP contribution in [0.15, 0.2) is 66.7 Å². The van der Waals surface area contributed by atoms with Crippen molar-refractivity contribution < 1.29 is 14.6 Å². The van der Waals surface area contributed by atoms with Gasteiger partial charge >= 0.3 is 0 Å². The van der Waals surface area contributed by atoms with Gasteiger partial charge in [-0.1, -0.05) is 54.6 Å². The first-order valence-corrected chi connectivity index (χ1v) is 14.2. The summed E-state index contributed by atoms with van der Waals surface area (Å²) in [5.41, 5.74) is 5.80. The molecule has 0 unspecified atom stereocenters. The van der Waals surface area contributed by atoms with Crippen molar-refractivity contribution in [3.05, 3.63) is 94.7 Å². The Morgan fingerprint density at radius 2 is 1.87 bits per heavy atom. The second kappa shape index (κ2) is 7.43. The number of aromatic nitrogens is 1. The van der Waals surface area contributed by atoms with E-state index < -0.39 is 11.0 Å². The van der Waals surface area contributed by atoms with Gasteiger partial charge in [0.2, 0.25) is 0 Å². The van der Waals surface area contributed by atoms with Gasteiger partial charge < -0.3 is 19.6 Å². The molecule has 3 aliphatic carbocycles. The fourth-order valence-electron chi connectivity index (χ4n) is 8.41. The SMILES string of the molecule is O[C@@]12Cc3c([nH]c4ccccc34)[C@@H]3Oc4c(OCc5ccccc5)ccc5c4[C@@]31CCN(CC1CC1)[C@@H]2C5. The summed E-state index contributed by atoms with van der Waals surface area (Å²) >= 11 is 0. The van der Waals surface area contributed by atoms with Crippen LogP contribution in [0.25, 0.3) is 10.9 Å². The fraction of sp³-hybridized carbons (Fsp3) is 0.394. The molecule has 1 saturated carbocycles. The summed E-state index contributed by atoms with van der Waals surface area (Å²) in [5, 5.41) is 14.3. The molecule has 5 heteroatoms. The van der Waals surface area contributed by atoms with Crippen molar-refractivity contribution in [3.8, 4) is 11.5 Å². The van der Waals surface area contributed by atoms with Crippen molar-refractivity contribution in [1.29, 1.82) is 0 Å². The lowest BCUT2D eigenvalue weighted by Gasteiger charge is -2.62. The molecule has 2 N–H and O–H groups in total. The van der Waals surface area contributed by atoms with Crippen LogP contribution in [-0.4, -0.2) is 39.7 Å². The first-order valence-electron chi connectivity index (χ1n) is 14.2. The van der Waals surface area contributed by atoms with Crippen LogP contribution in [0.5, 0.6) is 11.5 Å². The zero-order chi connectivity index (χ0) is 25.1. The molecule has 0 radical (unpaired) electrons. The highest BCUT2D eigenvalue weighted by molar-refractivity contribution is 5.86. The van der Waals surface area contributed by atoms with E-state index in [1.807, 2.05) is 18.2 Å². The van der Waals surface area contributed by atoms with Gasteiger partial charge in [-0.3, -0.25) is 4.90 Å². The number of nitrogens with one attached hydrogen (secondary N) is 1. The van der Waals surface area contributed by atoms with E-state index in [1.165, 1.54) is 34.9 Å². The lowest BCUT2D eigenvalue weighted by molar-refractivity contribution is -0.173. The number of hydrogen-bond donors (Lipinski definition) is 2. The first kappa shape index (κ1) is 21.6. The minimum atomic E-state index is -0.890. The normalized spacial score (nSPS) is 30.6. The van der Waals surface area contributed by atoms with Gasteiger partial charge in [-0.2, -0.15) is 0 Å². The van der Waals surface area contributed by atoms with Crippen LogP contribution >= 0.6 is 0 Å². The van der Waals surface area contributed by atoms with Crippen molar-refractivity contribution in [2.45, 2.75) is 61.9 Å². The number of aliphatic hydroxyl groups is 1. The van der Waals surface area contributed by atoms with Crippen LogP contribution in [0, 0.1) is 5.92 Å². The first-order chi connectivity index (χ1) is 18.7. The Labute approximate surface area is 222 Å². The minimum Gasteiger partial charge on any atom is -0.485 e. The molecule has 0 amide bonds. The number of aromatic amines is 1. The van der Waals surface area contributed by atoms with Gasteiger partial charge in [0.1, 0.15) is 6.61 Å². The maximum absolute atomic E-state index is 13.1. The van der Waals surface area contributed by atoms with Crippen molar-refractivity contribution >= 4 is 10.9 Å². The highest BCUT2D eigenvalue weighted by Crippen LogP contribution is 2.69. The number of fused-ring (bicyclic) bond motifs is 4. The van der Waals surface area contributed by atoms with Crippen LogP contribution in [0.2, 0.25) is 0 Å². The summed E-state index contributed by atoms with van der Waals surface area (Å²) in [6, 6.07) is 23.3. The third kappa shape index (κ3) is 2.69. The quantitative estimate of drug-likeness (QED) is 0.380. The zero-order valence-corrected chi connectivity index (χ0v) is 21.5. The van der Waals surface area contributed by atoms with Gasteiger partial charge in [-0.15, -0.1) is 0 Å². The predicted molar refractivity (Wildman–Crippen MR) is 146 cm³/mol. The molecule has 9 rings (SSSR count). The lowest BCUT2D eigenvalue weighted by atomic mass is 9.49. The van der Waals surface area contributed by atoms with Crippen LogP contribution in [0.1, 0.15) is 53.3 Å². The number of hydrogen-bond acceptors (Lipinski definition) is 4. The number of piperidine rings is 1. The number of rotatable bonds is 5. The number of benzene rings is 3. The molecular formula is C33H32N2O3. The van der Waals surface area contributed by atoms with Crippen LogP contribution in [-0.2, 0) is 24.9 Å². The Balaban J connectivity index is 1.23. The van der Waals surface area contributed by atoms with E-state index in [1.54, 1.807) is 0 Å². The highest BCUT2D eigenvalue weighted by atomic mass is 16.5. The summed E-state index contributed by atoms with van der Waals surface area (Å²) in [6.45, 7) is 2.61. The van der Waals surface area contributed by atoms with E-state index in [4.69, 9.17) is 9.47 Å². The van der Waals surface area contributed by atoms with Gasteiger partial charge in [0.05, 0.1) is 16.7 Å². The van der Waals surface area contributed by atoms with Gasteiger partial charge in [-0.25, -0.2) is 0 Å². The Hall–Kier alpha value is -3.28. The number of para-hydroxylation sites is 1. The minimum absolute atomic E-state index is 0.0966. The Kier molecular flexibility index (Phi) is 4.23. The summed E-state index contributed by atoms with van der Waals surface area (Å²) in [7, 11) is 0. The molecule has 4 aromatic rings. The van der Waals surface area contributed by atoms with E-state index in [2.05, 4.69) is 58.4 Å². The Morgan fingerprint density at radius 3 is 2.74 bits per heavy atom. The summed E-state index contributed by atoms with van der Waals surface area (Å²) in [6.07, 6.45) is 4.83. The van der Waals surface area contributed by atoms with Crippen LogP contribution in [0.3, 0.4) is 0 Å². The largest absolute Gasteiger partial charge is 0.485 e. The maximum Gasteiger partial charge on any atom is 0.166 e. The number of nitrogens with zero attached hydrogens (tertiary/aromatic N) is 1. The molecule has 38 heavy (non-hydrogen) atoms. The standard InChI is InChI=1S/C33H32N2O3/c36-33-17-24-23-8-4-5-9-25(23)34-29(24)31-32(33)14-15-35(18-20-10-11-20)27(33)16-22-12-13-26(30(38-31)28(22)32)37-19-21-6-2-1-3-7-21/h1-9,12-13,20,27,31,34,36H,10-11,14-19H2/t27-,31+,32+,33-/m1/s1. The molecule has 1 aromatic heterocycles. The van der Waals surface area contributed by atoms with Crippen molar-refractivity contribution in [3.63, 3.8) is 0 Å². The van der Waals surface area contributed by atoms with Crippen molar-refractivity contribution in [1.82, 2.24) is 9.88 Å². The predicted octanol–water partition coefficient (Wildman–Crippen LogP) is 5.45. The molecule has 3 heterocycles. The fourth-order valence-corrected chi connectivity index (χ4v) is 8.41. The van der Waals surface area contributed by atoms with E-state index in [-0.39, 0.29) is 12.1 Å². The molecule has 192 valence electrons. The maximum atomic E-state index is 13.1. The summed E-state index contributed by atoms with van der Waals surface area (Å²) < 4.78 is 13.4. The molecule has 1 saturated heterocycles. The summed E-state index contributed by atoms with van der Waals surface area (Å²) in [5.74, 6) is 2.43. The summed E-state index contributed by atoms with van der Waals surface area (Å²) in [4.78, 5) is 6.37. The van der Waals surface area contributed by atoms with Crippen LogP contribution in [0.4, 0.5) is 0 Å². The third-order valence-corrected chi connectivity index (χ3v) is 10.3. The van der Waals surface area contributed by atoms with E-state index in [0.717, 1.165) is 60.1 Å². The highest BCUT2D eigenvalue weighted by Gasteiger charge is 2.72. The monoisotopic (exact) mass is 504 g/mol. The van der Waals surface area contributed by atoms with Crippen LogP contribution < -0.4 is 9.47 Å². The molecule has 1 spiro atoms.